The fourth-order valence-corrected chi connectivity index (χ4v) is 1.62. The molecule has 1 rings (SSSR count). The molecule has 94 valence electrons. The molecule has 1 amide bonds. The van der Waals surface area contributed by atoms with Crippen molar-refractivity contribution in [2.45, 2.75) is 26.4 Å². The Kier molecular flexibility index (Phi) is 5.38. The fraction of sp³-hybridized carbons (Fsp3) is 0.500. The summed E-state index contributed by atoms with van der Waals surface area (Å²) in [6, 6.07) is 3.09. The Morgan fingerprint density at radius 3 is 2.88 bits per heavy atom. The second-order valence-electron chi connectivity index (χ2n) is 4.35. The van der Waals surface area contributed by atoms with E-state index in [1.165, 1.54) is 12.3 Å². The number of hydrogen-bond acceptors (Lipinski definition) is 3. The van der Waals surface area contributed by atoms with Crippen molar-refractivity contribution in [1.82, 2.24) is 10.3 Å². The van der Waals surface area contributed by atoms with Crippen LogP contribution in [0.3, 0.4) is 0 Å². The van der Waals surface area contributed by atoms with E-state index >= 15 is 0 Å². The van der Waals surface area contributed by atoms with Crippen LogP contribution in [0.2, 0.25) is 5.02 Å². The zero-order valence-electron chi connectivity index (χ0n) is 9.98. The van der Waals surface area contributed by atoms with Gasteiger partial charge in [0.25, 0.3) is 5.91 Å². The van der Waals surface area contributed by atoms with Crippen LogP contribution < -0.4 is 5.32 Å². The van der Waals surface area contributed by atoms with Crippen LogP contribution in [0.25, 0.3) is 0 Å². The summed E-state index contributed by atoms with van der Waals surface area (Å²) in [5, 5.41) is 12.7. The van der Waals surface area contributed by atoms with E-state index in [4.69, 9.17) is 11.6 Å². The molecule has 0 aliphatic carbocycles. The number of nitrogens with one attached hydrogen (secondary N) is 1. The van der Waals surface area contributed by atoms with Gasteiger partial charge in [0.1, 0.15) is 5.69 Å². The predicted molar refractivity (Wildman–Crippen MR) is 67.0 cm³/mol. The molecule has 17 heavy (non-hydrogen) atoms. The molecule has 1 atom stereocenters. The van der Waals surface area contributed by atoms with Gasteiger partial charge in [0, 0.05) is 17.8 Å². The van der Waals surface area contributed by atoms with Gasteiger partial charge in [0.15, 0.2) is 0 Å². The minimum absolute atomic E-state index is 0.227. The molecular weight excluding hydrogens is 240 g/mol. The predicted octanol–water partition coefficient (Wildman–Crippen LogP) is 1.87. The molecule has 0 bridgehead atoms. The molecule has 0 aliphatic rings. The lowest BCUT2D eigenvalue weighted by Crippen LogP contribution is -2.33. The van der Waals surface area contributed by atoms with Crippen LogP contribution in [0.5, 0.6) is 0 Å². The maximum Gasteiger partial charge on any atom is 0.270 e. The van der Waals surface area contributed by atoms with Gasteiger partial charge in [-0.05, 0) is 24.5 Å². The molecule has 0 aliphatic heterocycles. The fourth-order valence-electron chi connectivity index (χ4n) is 1.46. The van der Waals surface area contributed by atoms with Crippen LogP contribution in [0.15, 0.2) is 18.3 Å². The van der Waals surface area contributed by atoms with Gasteiger partial charge in [-0.2, -0.15) is 0 Å². The van der Waals surface area contributed by atoms with Gasteiger partial charge in [-0.25, -0.2) is 0 Å². The van der Waals surface area contributed by atoms with Crippen molar-refractivity contribution in [2.24, 2.45) is 5.92 Å². The van der Waals surface area contributed by atoms with Gasteiger partial charge >= 0.3 is 0 Å². The van der Waals surface area contributed by atoms with Crippen molar-refractivity contribution in [3.63, 3.8) is 0 Å². The van der Waals surface area contributed by atoms with Gasteiger partial charge in [-0.3, -0.25) is 9.78 Å². The minimum Gasteiger partial charge on any atom is -0.391 e. The van der Waals surface area contributed by atoms with Gasteiger partial charge in [-0.15, -0.1) is 0 Å². The van der Waals surface area contributed by atoms with Gasteiger partial charge in [0.2, 0.25) is 0 Å². The van der Waals surface area contributed by atoms with E-state index in [1.807, 2.05) is 13.8 Å². The Labute approximate surface area is 106 Å². The smallest absolute Gasteiger partial charge is 0.270 e. The Balaban J connectivity index is 2.45. The first-order valence-corrected chi connectivity index (χ1v) is 5.94. The largest absolute Gasteiger partial charge is 0.391 e. The van der Waals surface area contributed by atoms with E-state index in [1.54, 1.807) is 6.07 Å². The molecule has 0 saturated heterocycles. The lowest BCUT2D eigenvalue weighted by Gasteiger charge is -2.13. The van der Waals surface area contributed by atoms with Crippen molar-refractivity contribution < 1.29 is 9.90 Å². The molecule has 0 fully saturated rings. The molecule has 1 unspecified atom stereocenters. The highest BCUT2D eigenvalue weighted by Gasteiger charge is 2.11. The highest BCUT2D eigenvalue weighted by molar-refractivity contribution is 6.30. The molecule has 4 nitrogen and oxygen atoms in total. The summed E-state index contributed by atoms with van der Waals surface area (Å²) in [7, 11) is 0. The number of carbonyl (C=O) groups excluding carboxylic acids is 1. The number of aliphatic hydroxyl groups is 1. The third-order valence-electron chi connectivity index (χ3n) is 2.20. The molecule has 0 aromatic carbocycles. The lowest BCUT2D eigenvalue weighted by molar-refractivity contribution is 0.0895. The first kappa shape index (κ1) is 13.9. The maximum absolute atomic E-state index is 11.6. The highest BCUT2D eigenvalue weighted by Crippen LogP contribution is 2.08. The molecular formula is C12H17ClN2O2. The van der Waals surface area contributed by atoms with Crippen molar-refractivity contribution >= 4 is 17.5 Å². The van der Waals surface area contributed by atoms with Crippen LogP contribution in [0.1, 0.15) is 30.8 Å². The summed E-state index contributed by atoms with van der Waals surface area (Å²) < 4.78 is 0. The summed E-state index contributed by atoms with van der Waals surface area (Å²) in [5.74, 6) is 0.0708. The van der Waals surface area contributed by atoms with Crippen LogP contribution in [0.4, 0.5) is 0 Å². The normalized spacial score (nSPS) is 12.5. The number of rotatable bonds is 5. The molecule has 5 heteroatoms. The Morgan fingerprint density at radius 1 is 1.59 bits per heavy atom. The van der Waals surface area contributed by atoms with E-state index in [2.05, 4.69) is 10.3 Å². The van der Waals surface area contributed by atoms with Crippen LogP contribution >= 0.6 is 11.6 Å². The molecule has 1 heterocycles. The number of pyridine rings is 1. The first-order valence-electron chi connectivity index (χ1n) is 5.57. The number of hydrogen-bond donors (Lipinski definition) is 2. The third kappa shape index (κ3) is 5.15. The number of carbonyl (C=O) groups is 1. The zero-order valence-corrected chi connectivity index (χ0v) is 10.7. The Hall–Kier alpha value is -1.13. The summed E-state index contributed by atoms with van der Waals surface area (Å²) in [4.78, 5) is 15.5. The van der Waals surface area contributed by atoms with Crippen molar-refractivity contribution in [1.29, 1.82) is 0 Å². The van der Waals surface area contributed by atoms with Gasteiger partial charge < -0.3 is 10.4 Å². The van der Waals surface area contributed by atoms with E-state index in [0.29, 0.717) is 17.4 Å². The molecule has 0 saturated carbocycles. The molecule has 2 N–H and O–H groups in total. The van der Waals surface area contributed by atoms with Crippen LogP contribution in [-0.4, -0.2) is 28.6 Å². The second kappa shape index (κ2) is 6.57. The summed E-state index contributed by atoms with van der Waals surface area (Å²) in [6.07, 6.45) is 1.60. The van der Waals surface area contributed by atoms with Crippen LogP contribution in [0, 0.1) is 5.92 Å². The average molecular weight is 257 g/mol. The van der Waals surface area contributed by atoms with Gasteiger partial charge in [-0.1, -0.05) is 25.4 Å². The van der Waals surface area contributed by atoms with Gasteiger partial charge in [0.05, 0.1) is 6.10 Å². The van der Waals surface area contributed by atoms with Crippen molar-refractivity contribution in [3.05, 3.63) is 29.0 Å². The standard InChI is InChI=1S/C12H17ClN2O2/c1-8(2)5-10(16)7-15-12(17)11-6-9(13)3-4-14-11/h3-4,6,8,10,16H,5,7H2,1-2H3,(H,15,17). The number of halogens is 1. The monoisotopic (exact) mass is 256 g/mol. The van der Waals surface area contributed by atoms with E-state index in [-0.39, 0.29) is 18.1 Å². The number of nitrogens with zero attached hydrogens (tertiary/aromatic N) is 1. The Morgan fingerprint density at radius 2 is 2.29 bits per heavy atom. The van der Waals surface area contributed by atoms with E-state index < -0.39 is 6.10 Å². The zero-order chi connectivity index (χ0) is 12.8. The molecule has 1 aromatic rings. The topological polar surface area (TPSA) is 62.2 Å². The van der Waals surface area contributed by atoms with Crippen molar-refractivity contribution in [3.8, 4) is 0 Å². The number of aromatic nitrogens is 1. The number of amides is 1. The second-order valence-corrected chi connectivity index (χ2v) is 4.79. The number of aliphatic hydroxyl groups excluding tert-OH is 1. The molecule has 1 aromatic heterocycles. The quantitative estimate of drug-likeness (QED) is 0.846. The lowest BCUT2D eigenvalue weighted by atomic mass is 10.1. The highest BCUT2D eigenvalue weighted by atomic mass is 35.5. The summed E-state index contributed by atoms with van der Waals surface area (Å²) in [5.41, 5.74) is 0.259. The minimum atomic E-state index is -0.530. The van der Waals surface area contributed by atoms with Crippen LogP contribution in [-0.2, 0) is 0 Å². The summed E-state index contributed by atoms with van der Waals surface area (Å²) in [6.45, 7) is 4.26. The molecule has 0 spiro atoms. The Bertz CT molecular complexity index is 383. The average Bonchev–Trinajstić information content (AvgIpc) is 2.25. The van der Waals surface area contributed by atoms with Crippen molar-refractivity contribution in [2.75, 3.05) is 6.54 Å². The third-order valence-corrected chi connectivity index (χ3v) is 2.43. The SMILES string of the molecule is CC(C)CC(O)CNC(=O)c1cc(Cl)ccn1. The first-order chi connectivity index (χ1) is 7.99. The molecule has 0 radical (unpaired) electrons. The van der Waals surface area contributed by atoms with E-state index in [0.717, 1.165) is 0 Å². The van der Waals surface area contributed by atoms with E-state index in [9.17, 15) is 9.90 Å². The maximum atomic E-state index is 11.6. The summed E-state index contributed by atoms with van der Waals surface area (Å²) >= 11 is 5.75.